The summed E-state index contributed by atoms with van der Waals surface area (Å²) in [6.07, 6.45) is 4.10. The highest BCUT2D eigenvalue weighted by Gasteiger charge is 2.34. The molecule has 0 aliphatic carbocycles. The average molecular weight is 394 g/mol. The van der Waals surface area contributed by atoms with Crippen molar-refractivity contribution in [3.8, 4) is 0 Å². The summed E-state index contributed by atoms with van der Waals surface area (Å²) in [6, 6.07) is 12.6. The average Bonchev–Trinajstić information content (AvgIpc) is 3.14. The summed E-state index contributed by atoms with van der Waals surface area (Å²) in [5, 5.41) is 6.35. The number of benzene rings is 2. The molecule has 0 saturated carbocycles. The van der Waals surface area contributed by atoms with Crippen LogP contribution in [0.1, 0.15) is 54.0 Å². The third-order valence-electron chi connectivity index (χ3n) is 5.90. The second kappa shape index (κ2) is 8.46. The number of carbonyl (C=O) groups excluding carboxylic acids is 1. The lowest BCUT2D eigenvalue weighted by Gasteiger charge is -2.29. The molecule has 1 atom stereocenters. The number of rotatable bonds is 4. The molecule has 2 aliphatic heterocycles. The molecule has 2 aliphatic rings. The predicted octanol–water partition coefficient (Wildman–Crippen LogP) is 4.61. The van der Waals surface area contributed by atoms with Gasteiger partial charge < -0.3 is 0 Å². The first-order chi connectivity index (χ1) is 14.0. The molecule has 4 nitrogen and oxygen atoms in total. The highest BCUT2D eigenvalue weighted by Crippen LogP contribution is 2.34. The Kier molecular flexibility index (Phi) is 5.76. The molecule has 2 aromatic rings. The van der Waals surface area contributed by atoms with E-state index in [1.54, 1.807) is 11.1 Å². The van der Waals surface area contributed by atoms with Crippen LogP contribution in [-0.2, 0) is 4.79 Å². The van der Waals surface area contributed by atoms with Crippen LogP contribution in [0.25, 0.3) is 0 Å². The van der Waals surface area contributed by atoms with Crippen LogP contribution in [0, 0.1) is 19.7 Å². The van der Waals surface area contributed by atoms with Crippen LogP contribution >= 0.6 is 0 Å². The molecular formula is C24H28FN3O. The second-order valence-corrected chi connectivity index (χ2v) is 8.22. The first-order valence-corrected chi connectivity index (χ1v) is 10.5. The van der Waals surface area contributed by atoms with Gasteiger partial charge in [-0.05, 0) is 63.0 Å². The fraction of sp³-hybridized carbons (Fsp3) is 0.417. The van der Waals surface area contributed by atoms with Crippen molar-refractivity contribution in [2.45, 2.75) is 45.6 Å². The number of hydrogen-bond donors (Lipinski definition) is 0. The lowest BCUT2D eigenvalue weighted by Crippen LogP contribution is -2.40. The normalized spacial score (nSPS) is 20.0. The fourth-order valence-electron chi connectivity index (χ4n) is 4.40. The molecule has 0 aromatic heterocycles. The van der Waals surface area contributed by atoms with Crippen molar-refractivity contribution in [2.75, 3.05) is 19.6 Å². The summed E-state index contributed by atoms with van der Waals surface area (Å²) in [6.45, 7) is 6.42. The molecule has 152 valence electrons. The van der Waals surface area contributed by atoms with Crippen LogP contribution in [0.4, 0.5) is 4.39 Å². The quantitative estimate of drug-likeness (QED) is 0.761. The Morgan fingerprint density at radius 3 is 2.62 bits per heavy atom. The predicted molar refractivity (Wildman–Crippen MR) is 113 cm³/mol. The van der Waals surface area contributed by atoms with Crippen LogP contribution in [0.5, 0.6) is 0 Å². The van der Waals surface area contributed by atoms with Crippen LogP contribution in [0.3, 0.4) is 0 Å². The Hall–Kier alpha value is -2.53. The molecule has 2 heterocycles. The molecule has 0 spiro atoms. The van der Waals surface area contributed by atoms with Crippen molar-refractivity contribution in [3.05, 3.63) is 70.5 Å². The SMILES string of the molecule is Cc1ccc(C2=NN(C(=O)CN3CCCCC3)C(c3cccc(F)c3)C2)c(C)c1. The lowest BCUT2D eigenvalue weighted by atomic mass is 9.95. The molecule has 1 saturated heterocycles. The van der Waals surface area contributed by atoms with Gasteiger partial charge in [0.2, 0.25) is 0 Å². The molecule has 0 N–H and O–H groups in total. The number of halogens is 1. The zero-order chi connectivity index (χ0) is 20.4. The van der Waals surface area contributed by atoms with E-state index in [1.807, 2.05) is 6.07 Å². The summed E-state index contributed by atoms with van der Waals surface area (Å²) >= 11 is 0. The van der Waals surface area contributed by atoms with Gasteiger partial charge in [-0.2, -0.15) is 5.10 Å². The molecule has 4 rings (SSSR count). The molecule has 0 radical (unpaired) electrons. The van der Waals surface area contributed by atoms with Crippen molar-refractivity contribution in [1.29, 1.82) is 0 Å². The van der Waals surface area contributed by atoms with Gasteiger partial charge in [-0.25, -0.2) is 9.40 Å². The number of carbonyl (C=O) groups is 1. The van der Waals surface area contributed by atoms with Gasteiger partial charge in [0.1, 0.15) is 5.82 Å². The Bertz CT molecular complexity index is 933. The summed E-state index contributed by atoms with van der Waals surface area (Å²) in [4.78, 5) is 15.4. The van der Waals surface area contributed by atoms with E-state index in [0.29, 0.717) is 13.0 Å². The second-order valence-electron chi connectivity index (χ2n) is 8.22. The van der Waals surface area contributed by atoms with Crippen molar-refractivity contribution in [1.82, 2.24) is 9.91 Å². The monoisotopic (exact) mass is 393 g/mol. The van der Waals surface area contributed by atoms with E-state index in [-0.39, 0.29) is 17.8 Å². The number of nitrogens with zero attached hydrogens (tertiary/aromatic N) is 3. The third-order valence-corrected chi connectivity index (χ3v) is 5.90. The largest absolute Gasteiger partial charge is 0.294 e. The standard InChI is InChI=1S/C24H28FN3O/c1-17-9-10-21(18(2)13-17)22-15-23(19-7-6-8-20(25)14-19)28(26-22)24(29)16-27-11-4-3-5-12-27/h6-10,13-14,23H,3-5,11-12,15-16H2,1-2H3. The molecule has 5 heteroatoms. The van der Waals surface area contributed by atoms with E-state index in [4.69, 9.17) is 5.10 Å². The van der Waals surface area contributed by atoms with E-state index in [9.17, 15) is 9.18 Å². The third kappa shape index (κ3) is 4.40. The lowest BCUT2D eigenvalue weighted by molar-refractivity contribution is -0.134. The minimum atomic E-state index is -0.286. The molecule has 1 fully saturated rings. The van der Waals surface area contributed by atoms with Gasteiger partial charge in [0.15, 0.2) is 0 Å². The maximum atomic E-state index is 13.9. The van der Waals surface area contributed by atoms with Crippen molar-refractivity contribution < 1.29 is 9.18 Å². The van der Waals surface area contributed by atoms with Crippen molar-refractivity contribution in [2.24, 2.45) is 5.10 Å². The van der Waals surface area contributed by atoms with Gasteiger partial charge in [0.05, 0.1) is 18.3 Å². The minimum absolute atomic E-state index is 0.0130. The highest BCUT2D eigenvalue weighted by atomic mass is 19.1. The van der Waals surface area contributed by atoms with Crippen LogP contribution in [0.15, 0.2) is 47.6 Å². The highest BCUT2D eigenvalue weighted by molar-refractivity contribution is 6.04. The van der Waals surface area contributed by atoms with E-state index in [1.165, 1.54) is 24.1 Å². The zero-order valence-electron chi connectivity index (χ0n) is 17.2. The Morgan fingerprint density at radius 1 is 1.10 bits per heavy atom. The zero-order valence-corrected chi connectivity index (χ0v) is 17.2. The Balaban J connectivity index is 1.64. The van der Waals surface area contributed by atoms with Crippen LogP contribution in [-0.4, -0.2) is 41.2 Å². The van der Waals surface area contributed by atoms with E-state index in [2.05, 4.69) is 36.9 Å². The summed E-state index contributed by atoms with van der Waals surface area (Å²) in [5.74, 6) is -0.299. The molecule has 1 unspecified atom stereocenters. The maximum absolute atomic E-state index is 13.9. The first kappa shape index (κ1) is 19.8. The van der Waals surface area contributed by atoms with Gasteiger partial charge >= 0.3 is 0 Å². The van der Waals surface area contributed by atoms with Crippen LogP contribution in [0.2, 0.25) is 0 Å². The fourth-order valence-corrected chi connectivity index (χ4v) is 4.40. The van der Waals surface area contributed by atoms with Gasteiger partial charge in [-0.3, -0.25) is 9.69 Å². The van der Waals surface area contributed by atoms with Gasteiger partial charge in [0.25, 0.3) is 5.91 Å². The first-order valence-electron chi connectivity index (χ1n) is 10.5. The number of amides is 1. The molecule has 2 aromatic carbocycles. The molecular weight excluding hydrogens is 365 g/mol. The topological polar surface area (TPSA) is 35.9 Å². The van der Waals surface area contributed by atoms with E-state index >= 15 is 0 Å². The van der Waals surface area contributed by atoms with Gasteiger partial charge in [-0.1, -0.05) is 42.3 Å². The van der Waals surface area contributed by atoms with Crippen molar-refractivity contribution in [3.63, 3.8) is 0 Å². The molecule has 29 heavy (non-hydrogen) atoms. The molecule has 1 amide bonds. The van der Waals surface area contributed by atoms with Crippen molar-refractivity contribution >= 4 is 11.6 Å². The number of likely N-dealkylation sites (tertiary alicyclic amines) is 1. The summed E-state index contributed by atoms with van der Waals surface area (Å²) < 4.78 is 13.9. The molecule has 0 bridgehead atoms. The smallest absolute Gasteiger partial charge is 0.257 e. The number of hydrazone groups is 1. The summed E-state index contributed by atoms with van der Waals surface area (Å²) in [5.41, 5.74) is 5.09. The number of aryl methyl sites for hydroxylation is 2. The number of hydrogen-bond acceptors (Lipinski definition) is 3. The van der Waals surface area contributed by atoms with Crippen LogP contribution < -0.4 is 0 Å². The number of piperidine rings is 1. The van der Waals surface area contributed by atoms with Gasteiger partial charge in [0, 0.05) is 12.0 Å². The Morgan fingerprint density at radius 2 is 1.90 bits per heavy atom. The van der Waals surface area contributed by atoms with E-state index < -0.39 is 0 Å². The maximum Gasteiger partial charge on any atom is 0.257 e. The minimum Gasteiger partial charge on any atom is -0.294 e. The van der Waals surface area contributed by atoms with Gasteiger partial charge in [-0.15, -0.1) is 0 Å². The van der Waals surface area contributed by atoms with E-state index in [0.717, 1.165) is 48.3 Å². The Labute approximate surface area is 172 Å². The summed E-state index contributed by atoms with van der Waals surface area (Å²) in [7, 11) is 0.